The van der Waals surface area contributed by atoms with Gasteiger partial charge in [0.15, 0.2) is 5.78 Å². The van der Waals surface area contributed by atoms with E-state index in [1.165, 1.54) is 13.3 Å². The van der Waals surface area contributed by atoms with Gasteiger partial charge in [0.05, 0.1) is 5.56 Å². The second-order valence-corrected chi connectivity index (χ2v) is 4.41. The van der Waals surface area contributed by atoms with Gasteiger partial charge in [-0.2, -0.15) is 0 Å². The summed E-state index contributed by atoms with van der Waals surface area (Å²) in [6.45, 7) is 4.12. The van der Waals surface area contributed by atoms with Crippen LogP contribution in [0.5, 0.6) is 0 Å². The Kier molecular flexibility index (Phi) is 4.61. The molecule has 6 heteroatoms. The first-order valence-electron chi connectivity index (χ1n) is 6.60. The highest BCUT2D eigenvalue weighted by atomic mass is 16.1. The number of carbonyl (C=O) groups is 1. The summed E-state index contributed by atoms with van der Waals surface area (Å²) in [5, 5.41) is 3.15. The molecule has 0 aliphatic carbocycles. The largest absolute Gasteiger partial charge is 0.383 e. The van der Waals surface area contributed by atoms with Gasteiger partial charge in [0.2, 0.25) is 0 Å². The fraction of sp³-hybridized carbons (Fsp3) is 0.200. The highest BCUT2D eigenvalue weighted by molar-refractivity contribution is 5.95. The van der Waals surface area contributed by atoms with E-state index in [1.807, 2.05) is 19.1 Å². The third-order valence-electron chi connectivity index (χ3n) is 2.87. The van der Waals surface area contributed by atoms with E-state index >= 15 is 0 Å². The summed E-state index contributed by atoms with van der Waals surface area (Å²) < 4.78 is 0. The standard InChI is InChI=1S/C15H17N5O/c1-3-17-8-13-14(16)18-9-19-15(13)20-12-6-4-11(5-7-12)10(2)21/h4-9H,3H2,1-2H3,(H3,16,18,19,20). The molecule has 0 atom stereocenters. The molecule has 0 saturated heterocycles. The molecule has 21 heavy (non-hydrogen) atoms. The number of hydrogen-bond acceptors (Lipinski definition) is 6. The van der Waals surface area contributed by atoms with Gasteiger partial charge in [-0.05, 0) is 38.1 Å². The van der Waals surface area contributed by atoms with Crippen LogP contribution in [0.25, 0.3) is 0 Å². The minimum Gasteiger partial charge on any atom is -0.383 e. The van der Waals surface area contributed by atoms with E-state index in [-0.39, 0.29) is 5.78 Å². The van der Waals surface area contributed by atoms with Crippen molar-refractivity contribution in [3.05, 3.63) is 41.7 Å². The number of nitrogen functional groups attached to an aromatic ring is 1. The molecule has 1 aromatic heterocycles. The normalized spacial score (nSPS) is 10.8. The lowest BCUT2D eigenvalue weighted by molar-refractivity contribution is 0.101. The van der Waals surface area contributed by atoms with Crippen LogP contribution in [0.4, 0.5) is 17.3 Å². The van der Waals surface area contributed by atoms with Crippen LogP contribution in [0.2, 0.25) is 0 Å². The molecular weight excluding hydrogens is 266 g/mol. The first-order valence-corrected chi connectivity index (χ1v) is 6.60. The number of hydrogen-bond donors (Lipinski definition) is 2. The smallest absolute Gasteiger partial charge is 0.159 e. The summed E-state index contributed by atoms with van der Waals surface area (Å²) in [4.78, 5) is 23.6. The van der Waals surface area contributed by atoms with Crippen LogP contribution < -0.4 is 11.1 Å². The number of nitrogens with one attached hydrogen (secondary N) is 1. The van der Waals surface area contributed by atoms with E-state index in [0.29, 0.717) is 29.3 Å². The van der Waals surface area contributed by atoms with Crippen LogP contribution in [0.15, 0.2) is 35.6 Å². The SMILES string of the molecule is CCN=Cc1c(N)ncnc1Nc1ccc(C(C)=O)cc1. The molecule has 3 N–H and O–H groups in total. The fourth-order valence-electron chi connectivity index (χ4n) is 1.74. The molecule has 0 unspecified atom stereocenters. The summed E-state index contributed by atoms with van der Waals surface area (Å²) in [6, 6.07) is 7.15. The topological polar surface area (TPSA) is 93.3 Å². The average Bonchev–Trinajstić information content (AvgIpc) is 2.47. The van der Waals surface area contributed by atoms with Crippen LogP contribution in [0.3, 0.4) is 0 Å². The monoisotopic (exact) mass is 283 g/mol. The number of anilines is 3. The summed E-state index contributed by atoms with van der Waals surface area (Å²) in [5.41, 5.74) is 7.97. The fourth-order valence-corrected chi connectivity index (χ4v) is 1.74. The van der Waals surface area contributed by atoms with Gasteiger partial charge in [-0.15, -0.1) is 0 Å². The van der Waals surface area contributed by atoms with E-state index in [1.54, 1.807) is 18.3 Å². The van der Waals surface area contributed by atoms with Crippen LogP contribution >= 0.6 is 0 Å². The van der Waals surface area contributed by atoms with Gasteiger partial charge in [0, 0.05) is 24.0 Å². The average molecular weight is 283 g/mol. The Morgan fingerprint density at radius 3 is 2.67 bits per heavy atom. The number of ketones is 1. The van der Waals surface area contributed by atoms with Gasteiger partial charge < -0.3 is 11.1 Å². The number of carbonyl (C=O) groups excluding carboxylic acids is 1. The highest BCUT2D eigenvalue weighted by Gasteiger charge is 2.07. The molecule has 0 aliphatic heterocycles. The van der Waals surface area contributed by atoms with E-state index in [2.05, 4.69) is 20.3 Å². The summed E-state index contributed by atoms with van der Waals surface area (Å²) in [5.74, 6) is 0.976. The molecule has 0 spiro atoms. The number of aliphatic imine (C=N–C) groups is 1. The minimum absolute atomic E-state index is 0.0311. The molecule has 0 bridgehead atoms. The Labute approximate surface area is 123 Å². The number of rotatable bonds is 5. The van der Waals surface area contributed by atoms with Crippen molar-refractivity contribution in [3.8, 4) is 0 Å². The van der Waals surface area contributed by atoms with Crippen LogP contribution in [-0.2, 0) is 0 Å². The second kappa shape index (κ2) is 6.60. The van der Waals surface area contributed by atoms with E-state index in [4.69, 9.17) is 5.73 Å². The Hall–Kier alpha value is -2.76. The maximum Gasteiger partial charge on any atom is 0.159 e. The van der Waals surface area contributed by atoms with Gasteiger partial charge in [-0.1, -0.05) is 0 Å². The van der Waals surface area contributed by atoms with Crippen molar-refractivity contribution in [2.45, 2.75) is 13.8 Å². The molecule has 108 valence electrons. The van der Waals surface area contributed by atoms with E-state index in [0.717, 1.165) is 5.69 Å². The third kappa shape index (κ3) is 3.62. The zero-order valence-electron chi connectivity index (χ0n) is 12.0. The Bertz CT molecular complexity index is 664. The summed E-state index contributed by atoms with van der Waals surface area (Å²) in [7, 11) is 0. The zero-order valence-corrected chi connectivity index (χ0v) is 12.0. The van der Waals surface area contributed by atoms with Gasteiger partial charge in [0.25, 0.3) is 0 Å². The molecule has 0 radical (unpaired) electrons. The zero-order chi connectivity index (χ0) is 15.2. The molecule has 6 nitrogen and oxygen atoms in total. The Morgan fingerprint density at radius 1 is 1.33 bits per heavy atom. The van der Waals surface area contributed by atoms with Crippen LogP contribution in [0.1, 0.15) is 29.8 Å². The van der Waals surface area contributed by atoms with E-state index < -0.39 is 0 Å². The predicted octanol–water partition coefficient (Wildman–Crippen LogP) is 2.44. The van der Waals surface area contributed by atoms with Gasteiger partial charge in [-0.25, -0.2) is 9.97 Å². The van der Waals surface area contributed by atoms with Crippen molar-refractivity contribution >= 4 is 29.3 Å². The van der Waals surface area contributed by atoms with Gasteiger partial charge in [0.1, 0.15) is 18.0 Å². The van der Waals surface area contributed by atoms with Crippen molar-refractivity contribution in [3.63, 3.8) is 0 Å². The van der Waals surface area contributed by atoms with Gasteiger partial charge in [-0.3, -0.25) is 9.79 Å². The Balaban J connectivity index is 2.28. The number of benzene rings is 1. The van der Waals surface area contributed by atoms with Crippen molar-refractivity contribution in [1.29, 1.82) is 0 Å². The molecule has 1 aromatic carbocycles. The van der Waals surface area contributed by atoms with Crippen molar-refractivity contribution in [1.82, 2.24) is 9.97 Å². The number of aromatic nitrogens is 2. The molecule has 2 aromatic rings. The lowest BCUT2D eigenvalue weighted by Crippen LogP contribution is -2.05. The first-order chi connectivity index (χ1) is 10.1. The van der Waals surface area contributed by atoms with Gasteiger partial charge >= 0.3 is 0 Å². The van der Waals surface area contributed by atoms with Crippen molar-refractivity contribution in [2.75, 3.05) is 17.6 Å². The summed E-state index contributed by atoms with van der Waals surface area (Å²) in [6.07, 6.45) is 3.05. The lowest BCUT2D eigenvalue weighted by Gasteiger charge is -2.09. The highest BCUT2D eigenvalue weighted by Crippen LogP contribution is 2.20. The molecule has 0 saturated carbocycles. The Morgan fingerprint density at radius 2 is 2.05 bits per heavy atom. The maximum absolute atomic E-state index is 11.3. The second-order valence-electron chi connectivity index (χ2n) is 4.41. The maximum atomic E-state index is 11.3. The number of nitrogens with zero attached hydrogens (tertiary/aromatic N) is 3. The quantitative estimate of drug-likeness (QED) is 0.649. The van der Waals surface area contributed by atoms with Crippen molar-refractivity contribution in [2.24, 2.45) is 4.99 Å². The van der Waals surface area contributed by atoms with Crippen molar-refractivity contribution < 1.29 is 4.79 Å². The molecule has 0 amide bonds. The molecule has 0 aliphatic rings. The summed E-state index contributed by atoms with van der Waals surface area (Å²) >= 11 is 0. The van der Waals surface area contributed by atoms with Crippen LogP contribution in [0, 0.1) is 0 Å². The molecular formula is C15H17N5O. The predicted molar refractivity (Wildman–Crippen MR) is 84.3 cm³/mol. The minimum atomic E-state index is 0.0311. The van der Waals surface area contributed by atoms with Crippen LogP contribution in [-0.4, -0.2) is 28.5 Å². The molecule has 2 rings (SSSR count). The molecule has 0 fully saturated rings. The van der Waals surface area contributed by atoms with E-state index in [9.17, 15) is 4.79 Å². The third-order valence-corrected chi connectivity index (χ3v) is 2.87. The number of nitrogens with two attached hydrogens (primary N) is 1. The first kappa shape index (κ1) is 14.6. The lowest BCUT2D eigenvalue weighted by atomic mass is 10.1. The number of Topliss-reactive ketones (excluding diaryl/α,β-unsaturated/α-hetero) is 1. The molecule has 1 heterocycles.